The minimum atomic E-state index is -3.75. The Kier molecular flexibility index (Phi) is 4.79. The van der Waals surface area contributed by atoms with Crippen LogP contribution in [0.4, 0.5) is 10.1 Å². The topological polar surface area (TPSA) is 72.2 Å². The highest BCUT2D eigenvalue weighted by Gasteiger charge is 2.19. The third-order valence-electron chi connectivity index (χ3n) is 2.27. The van der Waals surface area contributed by atoms with E-state index in [0.717, 1.165) is 6.07 Å². The average molecular weight is 278 g/mol. The summed E-state index contributed by atoms with van der Waals surface area (Å²) in [5.41, 5.74) is 5.06. The molecular formula is C10H15FN2O2S2. The van der Waals surface area contributed by atoms with Gasteiger partial charge < -0.3 is 5.73 Å². The molecule has 1 unspecified atom stereocenters. The molecule has 7 heteroatoms. The van der Waals surface area contributed by atoms with Crippen molar-refractivity contribution < 1.29 is 12.8 Å². The molecule has 0 bridgehead atoms. The second-order valence-electron chi connectivity index (χ2n) is 3.55. The molecule has 4 nitrogen and oxygen atoms in total. The van der Waals surface area contributed by atoms with E-state index in [4.69, 9.17) is 5.73 Å². The summed E-state index contributed by atoms with van der Waals surface area (Å²) in [5, 5.41) is 0.138. The first kappa shape index (κ1) is 14.3. The maximum atomic E-state index is 13.2. The van der Waals surface area contributed by atoms with E-state index < -0.39 is 15.8 Å². The van der Waals surface area contributed by atoms with Crippen molar-refractivity contribution in [2.45, 2.75) is 17.1 Å². The smallest absolute Gasteiger partial charge is 0.242 e. The van der Waals surface area contributed by atoms with Gasteiger partial charge in [0.25, 0.3) is 0 Å². The molecule has 0 spiro atoms. The van der Waals surface area contributed by atoms with Gasteiger partial charge in [0.15, 0.2) is 0 Å². The first-order valence-electron chi connectivity index (χ1n) is 4.95. The molecular weight excluding hydrogens is 263 g/mol. The summed E-state index contributed by atoms with van der Waals surface area (Å²) in [6.07, 6.45) is 1.88. The van der Waals surface area contributed by atoms with E-state index in [1.807, 2.05) is 13.2 Å². The number of hydrogen-bond donors (Lipinski definition) is 2. The minimum Gasteiger partial charge on any atom is -0.395 e. The predicted octanol–water partition coefficient (Wildman–Crippen LogP) is 1.44. The monoisotopic (exact) mass is 278 g/mol. The van der Waals surface area contributed by atoms with E-state index in [2.05, 4.69) is 4.72 Å². The molecule has 0 amide bonds. The lowest BCUT2D eigenvalue weighted by Crippen LogP contribution is -2.30. The molecule has 1 aromatic carbocycles. The maximum absolute atomic E-state index is 13.2. The molecule has 3 N–H and O–H groups in total. The molecule has 0 saturated heterocycles. The quantitative estimate of drug-likeness (QED) is 0.799. The summed E-state index contributed by atoms with van der Waals surface area (Å²) in [5.74, 6) is -0.731. The van der Waals surface area contributed by atoms with Crippen LogP contribution in [0.2, 0.25) is 0 Å². The molecule has 1 atom stereocenters. The standard InChI is InChI=1S/C10H15FN2O2S2/c1-7(16-2)6-13-17(14,15)9-5-3-4-8(11)10(9)12/h3-5,7,13H,6,12H2,1-2H3. The third kappa shape index (κ3) is 3.58. The number of halogens is 1. The van der Waals surface area contributed by atoms with Crippen molar-refractivity contribution in [1.29, 1.82) is 0 Å². The Bertz CT molecular complexity index is 491. The summed E-state index contributed by atoms with van der Waals surface area (Å²) in [7, 11) is -3.75. The fourth-order valence-corrected chi connectivity index (χ4v) is 2.76. The summed E-state index contributed by atoms with van der Waals surface area (Å²) in [6.45, 7) is 2.17. The number of nitrogen functional groups attached to an aromatic ring is 1. The lowest BCUT2D eigenvalue weighted by molar-refractivity contribution is 0.579. The fourth-order valence-electron chi connectivity index (χ4n) is 1.14. The molecule has 96 valence electrons. The highest BCUT2D eigenvalue weighted by molar-refractivity contribution is 7.99. The number of para-hydroxylation sites is 1. The van der Waals surface area contributed by atoms with Crippen LogP contribution in [0.1, 0.15) is 6.92 Å². The van der Waals surface area contributed by atoms with Crippen molar-refractivity contribution in [3.05, 3.63) is 24.0 Å². The van der Waals surface area contributed by atoms with Crippen LogP contribution in [0, 0.1) is 5.82 Å². The summed E-state index contributed by atoms with van der Waals surface area (Å²) < 4.78 is 39.3. The number of rotatable bonds is 5. The number of nitrogens with two attached hydrogens (primary N) is 1. The first-order valence-corrected chi connectivity index (χ1v) is 7.72. The van der Waals surface area contributed by atoms with E-state index in [1.54, 1.807) is 0 Å². The zero-order chi connectivity index (χ0) is 13.1. The van der Waals surface area contributed by atoms with Gasteiger partial charge in [0.2, 0.25) is 10.0 Å². The third-order valence-corrected chi connectivity index (χ3v) is 4.72. The minimum absolute atomic E-state index is 0.138. The summed E-state index contributed by atoms with van der Waals surface area (Å²) in [4.78, 5) is -0.217. The number of anilines is 1. The summed E-state index contributed by atoms with van der Waals surface area (Å²) in [6, 6.07) is 3.72. The fraction of sp³-hybridized carbons (Fsp3) is 0.400. The van der Waals surface area contributed by atoms with Gasteiger partial charge in [-0.3, -0.25) is 0 Å². The summed E-state index contributed by atoms with van der Waals surface area (Å²) >= 11 is 1.54. The van der Waals surface area contributed by atoms with Gasteiger partial charge in [-0.25, -0.2) is 17.5 Å². The van der Waals surface area contributed by atoms with Crippen LogP contribution in [0.5, 0.6) is 0 Å². The molecule has 0 aliphatic carbocycles. The van der Waals surface area contributed by atoms with E-state index in [0.29, 0.717) is 0 Å². The molecule has 0 radical (unpaired) electrons. The number of hydrogen-bond acceptors (Lipinski definition) is 4. The van der Waals surface area contributed by atoms with E-state index in [-0.39, 0.29) is 22.4 Å². The van der Waals surface area contributed by atoms with Gasteiger partial charge in [0, 0.05) is 11.8 Å². The molecule has 0 aromatic heterocycles. The van der Waals surface area contributed by atoms with Crippen LogP contribution in [0.15, 0.2) is 23.1 Å². The number of thioether (sulfide) groups is 1. The largest absolute Gasteiger partial charge is 0.395 e. The highest BCUT2D eigenvalue weighted by Crippen LogP contribution is 2.20. The van der Waals surface area contributed by atoms with Crippen molar-refractivity contribution in [3.8, 4) is 0 Å². The van der Waals surface area contributed by atoms with Crippen molar-refractivity contribution in [3.63, 3.8) is 0 Å². The molecule has 0 fully saturated rings. The van der Waals surface area contributed by atoms with Gasteiger partial charge in [-0.15, -0.1) is 0 Å². The molecule has 1 rings (SSSR count). The predicted molar refractivity (Wildman–Crippen MR) is 69.0 cm³/mol. The Hall–Kier alpha value is -0.790. The Labute approximate surface area is 105 Å². The lowest BCUT2D eigenvalue weighted by Gasteiger charge is -2.12. The SMILES string of the molecule is CSC(C)CNS(=O)(=O)c1cccc(F)c1N. The van der Waals surface area contributed by atoms with Gasteiger partial charge in [0.1, 0.15) is 10.7 Å². The van der Waals surface area contributed by atoms with Crippen molar-refractivity contribution in [2.75, 3.05) is 18.5 Å². The second kappa shape index (κ2) is 5.70. The number of nitrogens with one attached hydrogen (secondary N) is 1. The van der Waals surface area contributed by atoms with Crippen molar-refractivity contribution >= 4 is 27.5 Å². The zero-order valence-corrected chi connectivity index (χ0v) is 11.2. The Morgan fingerprint density at radius 2 is 2.18 bits per heavy atom. The van der Waals surface area contributed by atoms with Gasteiger partial charge in [-0.05, 0) is 18.4 Å². The Balaban J connectivity index is 2.94. The Morgan fingerprint density at radius 1 is 1.53 bits per heavy atom. The maximum Gasteiger partial charge on any atom is 0.242 e. The van der Waals surface area contributed by atoms with Gasteiger partial charge >= 0.3 is 0 Å². The van der Waals surface area contributed by atoms with Crippen LogP contribution in [-0.4, -0.2) is 26.5 Å². The first-order chi connectivity index (χ1) is 7.88. The molecule has 0 aliphatic heterocycles. The van der Waals surface area contributed by atoms with Crippen LogP contribution >= 0.6 is 11.8 Å². The number of sulfonamides is 1. The van der Waals surface area contributed by atoms with E-state index in [1.165, 1.54) is 23.9 Å². The highest BCUT2D eigenvalue weighted by atomic mass is 32.2. The van der Waals surface area contributed by atoms with Crippen molar-refractivity contribution in [2.24, 2.45) is 0 Å². The number of benzene rings is 1. The molecule has 0 aliphatic rings. The van der Waals surface area contributed by atoms with Crippen molar-refractivity contribution in [1.82, 2.24) is 4.72 Å². The molecule has 0 heterocycles. The second-order valence-corrected chi connectivity index (χ2v) is 6.56. The zero-order valence-electron chi connectivity index (χ0n) is 9.60. The van der Waals surface area contributed by atoms with Crippen LogP contribution < -0.4 is 10.5 Å². The lowest BCUT2D eigenvalue weighted by atomic mass is 10.3. The molecule has 0 saturated carbocycles. The van der Waals surface area contributed by atoms with Crippen LogP contribution in [0.25, 0.3) is 0 Å². The average Bonchev–Trinajstić information content (AvgIpc) is 2.29. The van der Waals surface area contributed by atoms with Crippen LogP contribution in [-0.2, 0) is 10.0 Å². The van der Waals surface area contributed by atoms with E-state index >= 15 is 0 Å². The normalized spacial score (nSPS) is 13.6. The Morgan fingerprint density at radius 3 is 2.76 bits per heavy atom. The molecule has 1 aromatic rings. The van der Waals surface area contributed by atoms with E-state index in [9.17, 15) is 12.8 Å². The van der Waals surface area contributed by atoms with Gasteiger partial charge in [-0.2, -0.15) is 11.8 Å². The van der Waals surface area contributed by atoms with Crippen LogP contribution in [0.3, 0.4) is 0 Å². The molecule has 17 heavy (non-hydrogen) atoms. The van der Waals surface area contributed by atoms with Gasteiger partial charge in [0.05, 0.1) is 5.69 Å². The van der Waals surface area contributed by atoms with Gasteiger partial charge in [-0.1, -0.05) is 13.0 Å².